The van der Waals surface area contributed by atoms with Crippen LogP contribution in [0.4, 0.5) is 13.2 Å². The molecule has 0 N–H and O–H groups in total. The number of hydrogen-bond acceptors (Lipinski definition) is 2. The van der Waals surface area contributed by atoms with Crippen molar-refractivity contribution in [3.8, 4) is 17.0 Å². The molecule has 2 aromatic rings. The first kappa shape index (κ1) is 13.2. The number of ether oxygens (including phenoxy) is 1. The fraction of sp³-hybridized carbons (Fsp3) is 0.182. The van der Waals surface area contributed by atoms with Crippen LogP contribution in [-0.2, 0) is 6.30 Å². The van der Waals surface area contributed by atoms with E-state index in [1.165, 1.54) is 13.3 Å². The van der Waals surface area contributed by atoms with Gasteiger partial charge in [0.1, 0.15) is 5.75 Å². The van der Waals surface area contributed by atoms with Crippen molar-refractivity contribution in [3.63, 3.8) is 0 Å². The van der Waals surface area contributed by atoms with Crippen LogP contribution in [0.5, 0.6) is 5.75 Å². The fourth-order valence-electron chi connectivity index (χ4n) is 1.54. The van der Waals surface area contributed by atoms with E-state index in [2.05, 4.69) is 4.98 Å². The Morgan fingerprint density at radius 2 is 1.83 bits per heavy atom. The number of benzene rings is 1. The number of alkyl halides is 3. The number of halogens is 4. The summed E-state index contributed by atoms with van der Waals surface area (Å²) >= 11 is 1.55. The molecule has 96 valence electrons. The van der Waals surface area contributed by atoms with Gasteiger partial charge in [-0.15, -0.1) is 13.2 Å². The van der Waals surface area contributed by atoms with Gasteiger partial charge in [-0.1, -0.05) is 0 Å². The third kappa shape index (κ3) is 2.45. The second-order valence-electron chi connectivity index (χ2n) is 3.44. The summed E-state index contributed by atoms with van der Waals surface area (Å²) in [6, 6.07) is 6.34. The highest BCUT2D eigenvalue weighted by Crippen LogP contribution is 2.32. The van der Waals surface area contributed by atoms with Crippen molar-refractivity contribution in [2.45, 2.75) is 6.30 Å². The van der Waals surface area contributed by atoms with E-state index in [-0.39, 0.29) is 14.1 Å². The Kier molecular flexibility index (Phi) is 3.51. The number of aromatic nitrogens is 2. The van der Waals surface area contributed by atoms with Gasteiger partial charge in [0.15, 0.2) is 3.83 Å². The van der Waals surface area contributed by atoms with Gasteiger partial charge in [0, 0.05) is 28.2 Å². The zero-order chi connectivity index (χ0) is 13.3. The highest BCUT2D eigenvalue weighted by Gasteiger charge is 2.35. The molecule has 0 atom stereocenters. The van der Waals surface area contributed by atoms with Crippen molar-refractivity contribution >= 4 is 22.6 Å². The first-order chi connectivity index (χ1) is 8.43. The molecular weight excluding hydrogens is 360 g/mol. The van der Waals surface area contributed by atoms with Crippen LogP contribution in [0.3, 0.4) is 0 Å². The van der Waals surface area contributed by atoms with E-state index < -0.39 is 6.30 Å². The van der Waals surface area contributed by atoms with Crippen LogP contribution >= 0.6 is 22.6 Å². The van der Waals surface area contributed by atoms with Crippen LogP contribution in [0.15, 0.2) is 30.5 Å². The highest BCUT2D eigenvalue weighted by molar-refractivity contribution is 14.1. The maximum Gasteiger partial charge on any atom is 0.490 e. The fourth-order valence-corrected chi connectivity index (χ4v) is 2.21. The predicted molar refractivity (Wildman–Crippen MR) is 68.2 cm³/mol. The van der Waals surface area contributed by atoms with E-state index in [0.29, 0.717) is 11.3 Å². The van der Waals surface area contributed by atoms with E-state index in [4.69, 9.17) is 4.74 Å². The summed E-state index contributed by atoms with van der Waals surface area (Å²) in [5.41, 5.74) is 0.443. The number of imidazole rings is 1. The summed E-state index contributed by atoms with van der Waals surface area (Å²) in [5, 5.41) is 0. The van der Waals surface area contributed by atoms with Gasteiger partial charge < -0.3 is 4.74 Å². The van der Waals surface area contributed by atoms with Crippen LogP contribution < -0.4 is 4.74 Å². The second-order valence-corrected chi connectivity index (χ2v) is 4.41. The molecule has 3 nitrogen and oxygen atoms in total. The number of methoxy groups -OCH3 is 1. The largest absolute Gasteiger partial charge is 0.497 e. The van der Waals surface area contributed by atoms with E-state index >= 15 is 0 Å². The molecule has 0 aliphatic carbocycles. The molecule has 2 rings (SSSR count). The third-order valence-electron chi connectivity index (χ3n) is 2.36. The van der Waals surface area contributed by atoms with Crippen LogP contribution in [0.25, 0.3) is 11.3 Å². The summed E-state index contributed by atoms with van der Waals surface area (Å²) in [6.45, 7) is 0. The van der Waals surface area contributed by atoms with Crippen LogP contribution in [-0.4, -0.2) is 16.7 Å². The minimum Gasteiger partial charge on any atom is -0.497 e. The molecule has 7 heteroatoms. The Morgan fingerprint density at radius 3 is 2.33 bits per heavy atom. The van der Waals surface area contributed by atoms with E-state index in [0.717, 1.165) is 0 Å². The lowest BCUT2D eigenvalue weighted by molar-refractivity contribution is -0.204. The molecule has 0 aliphatic heterocycles. The quantitative estimate of drug-likeness (QED) is 0.757. The van der Waals surface area contributed by atoms with Crippen molar-refractivity contribution in [1.82, 2.24) is 9.55 Å². The first-order valence-corrected chi connectivity index (χ1v) is 5.96. The molecule has 0 amide bonds. The summed E-state index contributed by atoms with van der Waals surface area (Å²) in [7, 11) is 1.50. The zero-order valence-corrected chi connectivity index (χ0v) is 11.4. The maximum absolute atomic E-state index is 12.9. The number of hydrogen-bond donors (Lipinski definition) is 0. The zero-order valence-electron chi connectivity index (χ0n) is 9.20. The van der Waals surface area contributed by atoms with Crippen molar-refractivity contribution in [2.24, 2.45) is 0 Å². The molecule has 0 radical (unpaired) electrons. The molecule has 0 aliphatic rings. The molecule has 1 aromatic carbocycles. The summed E-state index contributed by atoms with van der Waals surface area (Å²) in [6.07, 6.45) is -3.28. The molecule has 0 bridgehead atoms. The van der Waals surface area contributed by atoms with Gasteiger partial charge in [-0.2, -0.15) is 0 Å². The van der Waals surface area contributed by atoms with Gasteiger partial charge in [-0.05, 0) is 24.3 Å². The average molecular weight is 368 g/mol. The Morgan fingerprint density at radius 1 is 1.22 bits per heavy atom. The van der Waals surface area contributed by atoms with Gasteiger partial charge in [0.25, 0.3) is 0 Å². The SMILES string of the molecule is COc1ccc(-c2cnc(I)n2C(F)(F)F)cc1. The van der Waals surface area contributed by atoms with E-state index in [9.17, 15) is 13.2 Å². The molecular formula is C11H8F3IN2O. The highest BCUT2D eigenvalue weighted by atomic mass is 127. The van der Waals surface area contributed by atoms with Crippen molar-refractivity contribution < 1.29 is 17.9 Å². The Labute approximate surface area is 115 Å². The lowest BCUT2D eigenvalue weighted by Gasteiger charge is -2.13. The average Bonchev–Trinajstić information content (AvgIpc) is 2.71. The predicted octanol–water partition coefficient (Wildman–Crippen LogP) is 3.64. The molecule has 0 saturated heterocycles. The van der Waals surface area contributed by atoms with Crippen molar-refractivity contribution in [3.05, 3.63) is 34.3 Å². The molecule has 0 unspecified atom stereocenters. The van der Waals surface area contributed by atoms with Crippen LogP contribution in [0.2, 0.25) is 0 Å². The minimum atomic E-state index is -4.48. The van der Waals surface area contributed by atoms with E-state index in [1.807, 2.05) is 0 Å². The standard InChI is InChI=1S/C11H8F3IN2O/c1-18-8-4-2-7(3-5-8)9-6-16-10(15)17(9)11(12,13)14/h2-6H,1H3. The molecule has 1 aromatic heterocycles. The summed E-state index contributed by atoms with van der Waals surface area (Å²) in [5.74, 6) is 0.589. The van der Waals surface area contributed by atoms with Gasteiger partial charge in [0.05, 0.1) is 19.0 Å². The van der Waals surface area contributed by atoms with E-state index in [1.54, 1.807) is 46.9 Å². The summed E-state index contributed by atoms with van der Waals surface area (Å²) in [4.78, 5) is 3.70. The monoisotopic (exact) mass is 368 g/mol. The smallest absolute Gasteiger partial charge is 0.490 e. The maximum atomic E-state index is 12.9. The topological polar surface area (TPSA) is 27.1 Å². The van der Waals surface area contributed by atoms with Crippen LogP contribution in [0, 0.1) is 3.83 Å². The lowest BCUT2D eigenvalue weighted by Crippen LogP contribution is -2.19. The van der Waals surface area contributed by atoms with Gasteiger partial charge >= 0.3 is 6.30 Å². The van der Waals surface area contributed by atoms with Crippen LogP contribution in [0.1, 0.15) is 0 Å². The number of nitrogens with zero attached hydrogens (tertiary/aromatic N) is 2. The molecule has 1 heterocycles. The second kappa shape index (κ2) is 4.79. The van der Waals surface area contributed by atoms with Gasteiger partial charge in [-0.3, -0.25) is 0 Å². The third-order valence-corrected chi connectivity index (χ3v) is 3.12. The van der Waals surface area contributed by atoms with Crippen molar-refractivity contribution in [2.75, 3.05) is 7.11 Å². The summed E-state index contributed by atoms with van der Waals surface area (Å²) < 4.78 is 43.7. The van der Waals surface area contributed by atoms with Crippen molar-refractivity contribution in [1.29, 1.82) is 0 Å². The molecule has 0 spiro atoms. The normalized spacial score (nSPS) is 11.6. The molecule has 0 fully saturated rings. The van der Waals surface area contributed by atoms with Gasteiger partial charge in [-0.25, -0.2) is 9.55 Å². The Balaban J connectivity index is 2.51. The Bertz CT molecular complexity index is 548. The number of rotatable bonds is 2. The first-order valence-electron chi connectivity index (χ1n) is 4.88. The Hall–Kier alpha value is -1.25. The lowest BCUT2D eigenvalue weighted by atomic mass is 10.1. The molecule has 0 saturated carbocycles. The van der Waals surface area contributed by atoms with Gasteiger partial charge in [0.2, 0.25) is 0 Å². The minimum absolute atomic E-state index is 0.00885. The molecule has 18 heavy (non-hydrogen) atoms.